The average molecular weight is 391 g/mol. The molecule has 0 bridgehead atoms. The number of methoxy groups -OCH3 is 1. The fourth-order valence-corrected chi connectivity index (χ4v) is 5.04. The van der Waals surface area contributed by atoms with Crippen molar-refractivity contribution in [2.75, 3.05) is 40.3 Å². The third kappa shape index (κ3) is 3.12. The first-order valence-electron chi connectivity index (χ1n) is 10.4. The summed E-state index contributed by atoms with van der Waals surface area (Å²) in [5.41, 5.74) is 2.31. The van der Waals surface area contributed by atoms with Gasteiger partial charge in [-0.2, -0.15) is 14.3 Å². The molecule has 3 heterocycles. The second-order valence-corrected chi connectivity index (χ2v) is 8.23. The van der Waals surface area contributed by atoms with Gasteiger partial charge in [0, 0.05) is 19.0 Å². The van der Waals surface area contributed by atoms with Gasteiger partial charge in [-0.15, -0.1) is 0 Å². The molecule has 0 aromatic heterocycles. The maximum absolute atomic E-state index is 12.8. The molecule has 0 saturated carbocycles. The number of para-hydroxylation sites is 1. The summed E-state index contributed by atoms with van der Waals surface area (Å²) in [5, 5.41) is 0. The maximum Gasteiger partial charge on any atom is 0.499 e. The van der Waals surface area contributed by atoms with Crippen LogP contribution in [0.25, 0.3) is 0 Å². The van der Waals surface area contributed by atoms with Crippen LogP contribution in [0.4, 0.5) is 4.79 Å². The van der Waals surface area contributed by atoms with Crippen molar-refractivity contribution in [2.45, 2.75) is 18.4 Å². The molecular weight excluding hydrogens is 364 g/mol. The standard InChI is InChI=1S/C23H27N4O2/c1-25-20-9-5-3-8-19(20)22-24-17(15-27(22)23(25)28)14-26-12-11-16(13-26)18-7-4-6-10-21(18)29-2/h3-10,16-17,19H,11-15H2,1-2H3/q+1. The summed E-state index contributed by atoms with van der Waals surface area (Å²) in [6, 6.07) is 8.50. The molecule has 1 aromatic rings. The number of carbonyl (C=O) groups excluding carboxylic acids is 1. The Morgan fingerprint density at radius 3 is 2.97 bits per heavy atom. The third-order valence-corrected chi connectivity index (χ3v) is 6.49. The van der Waals surface area contributed by atoms with Crippen LogP contribution >= 0.6 is 0 Å². The number of allylic oxidation sites excluding steroid dienone is 3. The third-order valence-electron chi connectivity index (χ3n) is 6.49. The van der Waals surface area contributed by atoms with Gasteiger partial charge in [0.2, 0.25) is 5.84 Å². The normalized spacial score (nSPS) is 28.6. The van der Waals surface area contributed by atoms with Crippen molar-refractivity contribution < 1.29 is 14.1 Å². The Kier molecular flexibility index (Phi) is 4.59. The van der Waals surface area contributed by atoms with Gasteiger partial charge in [-0.05, 0) is 30.7 Å². The summed E-state index contributed by atoms with van der Waals surface area (Å²) in [7, 11) is 3.60. The minimum absolute atomic E-state index is 0.0331. The monoisotopic (exact) mass is 391 g/mol. The maximum atomic E-state index is 12.8. The highest BCUT2D eigenvalue weighted by Gasteiger charge is 2.48. The van der Waals surface area contributed by atoms with Crippen LogP contribution < -0.4 is 4.74 Å². The number of nitrogens with zero attached hydrogens (tertiary/aromatic N) is 4. The van der Waals surface area contributed by atoms with E-state index in [-0.39, 0.29) is 18.0 Å². The number of benzene rings is 1. The van der Waals surface area contributed by atoms with Crippen LogP contribution in [-0.4, -0.2) is 78.3 Å². The van der Waals surface area contributed by atoms with E-state index in [0.717, 1.165) is 43.4 Å². The van der Waals surface area contributed by atoms with Gasteiger partial charge in [-0.1, -0.05) is 36.4 Å². The summed E-state index contributed by atoms with van der Waals surface area (Å²) in [4.78, 5) is 22.2. The largest absolute Gasteiger partial charge is 0.499 e. The predicted octanol–water partition coefficient (Wildman–Crippen LogP) is 2.53. The van der Waals surface area contributed by atoms with Crippen LogP contribution in [0.1, 0.15) is 17.9 Å². The van der Waals surface area contributed by atoms with Crippen molar-refractivity contribution in [1.29, 1.82) is 0 Å². The zero-order valence-electron chi connectivity index (χ0n) is 17.0. The molecule has 0 spiro atoms. The predicted molar refractivity (Wildman–Crippen MR) is 113 cm³/mol. The van der Waals surface area contributed by atoms with Crippen molar-refractivity contribution in [3.63, 3.8) is 0 Å². The number of likely N-dealkylation sites (tertiary alicyclic amines) is 1. The SMILES string of the molecule is COc1ccccc1C1CCN(CC2CN3C(=O)[N+](C)=C4C=CC=CC4C3=N2)C1. The van der Waals surface area contributed by atoms with E-state index in [9.17, 15) is 4.79 Å². The Balaban J connectivity index is 1.29. The Morgan fingerprint density at radius 1 is 1.24 bits per heavy atom. The highest BCUT2D eigenvalue weighted by molar-refractivity contribution is 6.18. The number of amides is 2. The van der Waals surface area contributed by atoms with Crippen molar-refractivity contribution >= 4 is 17.6 Å². The minimum Gasteiger partial charge on any atom is -0.496 e. The molecule has 3 unspecified atom stereocenters. The summed E-state index contributed by atoms with van der Waals surface area (Å²) in [6.45, 7) is 3.64. The molecule has 0 radical (unpaired) electrons. The van der Waals surface area contributed by atoms with E-state index in [4.69, 9.17) is 9.73 Å². The van der Waals surface area contributed by atoms with Crippen LogP contribution in [0.2, 0.25) is 0 Å². The molecule has 1 fully saturated rings. The highest BCUT2D eigenvalue weighted by Crippen LogP contribution is 2.34. The van der Waals surface area contributed by atoms with Gasteiger partial charge in [-0.3, -0.25) is 0 Å². The number of hydrogen-bond donors (Lipinski definition) is 0. The molecule has 3 atom stereocenters. The van der Waals surface area contributed by atoms with E-state index in [1.54, 1.807) is 11.7 Å². The molecular formula is C23H27N4O2+. The molecule has 1 aromatic carbocycles. The molecule has 2 amide bonds. The van der Waals surface area contributed by atoms with E-state index >= 15 is 0 Å². The highest BCUT2D eigenvalue weighted by atomic mass is 16.5. The van der Waals surface area contributed by atoms with Crippen molar-refractivity contribution in [3.05, 3.63) is 54.1 Å². The molecule has 5 rings (SSSR count). The molecule has 1 saturated heterocycles. The number of rotatable bonds is 4. The molecule has 150 valence electrons. The lowest BCUT2D eigenvalue weighted by Crippen LogP contribution is -2.52. The Morgan fingerprint density at radius 2 is 2.10 bits per heavy atom. The number of carbonyl (C=O) groups is 1. The van der Waals surface area contributed by atoms with E-state index in [1.165, 1.54) is 5.56 Å². The van der Waals surface area contributed by atoms with E-state index < -0.39 is 0 Å². The van der Waals surface area contributed by atoms with Crippen LogP contribution in [0.5, 0.6) is 5.75 Å². The second kappa shape index (κ2) is 7.26. The summed E-state index contributed by atoms with van der Waals surface area (Å²) in [5.74, 6) is 2.47. The van der Waals surface area contributed by atoms with Gasteiger partial charge in [0.15, 0.2) is 0 Å². The van der Waals surface area contributed by atoms with Gasteiger partial charge in [-0.25, -0.2) is 4.99 Å². The Labute approximate surface area is 171 Å². The molecule has 4 aliphatic rings. The fourth-order valence-electron chi connectivity index (χ4n) is 5.04. The topological polar surface area (TPSA) is 48.1 Å². The number of hydrogen-bond acceptors (Lipinski definition) is 4. The number of aliphatic imine (C=N–C) groups is 1. The molecule has 0 N–H and O–H groups in total. The lowest BCUT2D eigenvalue weighted by atomic mass is 9.94. The Hall–Kier alpha value is -2.73. The molecule has 1 aliphatic carbocycles. The van der Waals surface area contributed by atoms with E-state index in [2.05, 4.69) is 23.1 Å². The first-order valence-corrected chi connectivity index (χ1v) is 10.4. The lowest BCUT2D eigenvalue weighted by Gasteiger charge is -2.25. The summed E-state index contributed by atoms with van der Waals surface area (Å²) >= 11 is 0. The van der Waals surface area contributed by atoms with Crippen LogP contribution in [0, 0.1) is 5.92 Å². The van der Waals surface area contributed by atoms with Gasteiger partial charge in [0.25, 0.3) is 0 Å². The number of ether oxygens (including phenoxy) is 1. The van der Waals surface area contributed by atoms with Gasteiger partial charge in [0.05, 0.1) is 14.2 Å². The smallest absolute Gasteiger partial charge is 0.496 e. The zero-order valence-corrected chi connectivity index (χ0v) is 17.0. The molecule has 6 nitrogen and oxygen atoms in total. The molecule has 29 heavy (non-hydrogen) atoms. The molecule has 3 aliphatic heterocycles. The van der Waals surface area contributed by atoms with Crippen LogP contribution in [0.3, 0.4) is 0 Å². The first kappa shape index (κ1) is 18.3. The lowest BCUT2D eigenvalue weighted by molar-refractivity contribution is -0.404. The van der Waals surface area contributed by atoms with E-state index in [1.807, 2.05) is 42.3 Å². The fraction of sp³-hybridized carbons (Fsp3) is 0.435. The van der Waals surface area contributed by atoms with Crippen molar-refractivity contribution in [1.82, 2.24) is 9.80 Å². The second-order valence-electron chi connectivity index (χ2n) is 8.23. The average Bonchev–Trinajstić information content (AvgIpc) is 3.39. The Bertz CT molecular complexity index is 961. The summed E-state index contributed by atoms with van der Waals surface area (Å²) < 4.78 is 7.32. The van der Waals surface area contributed by atoms with Crippen molar-refractivity contribution in [2.24, 2.45) is 10.9 Å². The quantitative estimate of drug-likeness (QED) is 0.741. The molecule has 6 heteroatoms. The van der Waals surface area contributed by atoms with Crippen molar-refractivity contribution in [3.8, 4) is 5.75 Å². The van der Waals surface area contributed by atoms with E-state index in [0.29, 0.717) is 12.5 Å². The number of fused-ring (bicyclic) bond motifs is 3. The number of amidine groups is 1. The summed E-state index contributed by atoms with van der Waals surface area (Å²) in [6.07, 6.45) is 9.32. The first-order chi connectivity index (χ1) is 14.2. The van der Waals surface area contributed by atoms with Crippen LogP contribution in [-0.2, 0) is 0 Å². The minimum atomic E-state index is 0.0331. The zero-order chi connectivity index (χ0) is 20.0. The van der Waals surface area contributed by atoms with Crippen LogP contribution in [0.15, 0.2) is 53.6 Å². The van der Waals surface area contributed by atoms with Gasteiger partial charge >= 0.3 is 6.03 Å². The number of urea groups is 1. The van der Waals surface area contributed by atoms with Gasteiger partial charge < -0.3 is 9.64 Å². The van der Waals surface area contributed by atoms with Gasteiger partial charge in [0.1, 0.15) is 30.0 Å².